The van der Waals surface area contributed by atoms with Crippen molar-refractivity contribution in [3.63, 3.8) is 0 Å². The van der Waals surface area contributed by atoms with Crippen LogP contribution in [0.15, 0.2) is 36.5 Å². The lowest BCUT2D eigenvalue weighted by Crippen LogP contribution is -1.67. The van der Waals surface area contributed by atoms with Crippen molar-refractivity contribution in [1.82, 2.24) is 0 Å². The molecule has 16 heavy (non-hydrogen) atoms. The molecule has 0 aromatic heterocycles. The molecule has 0 fully saturated rings. The van der Waals surface area contributed by atoms with Gasteiger partial charge in [-0.15, -0.1) is 0 Å². The molecule has 0 aliphatic rings. The molecule has 84 valence electrons. The number of aliphatic hydroxyl groups is 1. The van der Waals surface area contributed by atoms with Crippen molar-refractivity contribution in [2.45, 2.75) is 26.2 Å². The fraction of sp³-hybridized carbons (Fsp3) is 0.333. The van der Waals surface area contributed by atoms with Gasteiger partial charge in [0.05, 0.1) is 6.61 Å². The van der Waals surface area contributed by atoms with Gasteiger partial charge in [0.25, 0.3) is 0 Å². The van der Waals surface area contributed by atoms with Crippen molar-refractivity contribution >= 4 is 0 Å². The minimum absolute atomic E-state index is 0.0184. The van der Waals surface area contributed by atoms with E-state index in [0.717, 1.165) is 6.42 Å². The minimum Gasteiger partial charge on any atom is -0.392 e. The second-order valence-electron chi connectivity index (χ2n) is 3.05. The van der Waals surface area contributed by atoms with E-state index in [1.54, 1.807) is 18.2 Å². The Hall–Kier alpha value is -1.70. The van der Waals surface area contributed by atoms with E-state index in [9.17, 15) is 0 Å². The number of rotatable bonds is 5. The van der Waals surface area contributed by atoms with Gasteiger partial charge < -0.3 is 5.11 Å². The Balaban J connectivity index is 3.73. The Kier molecular flexibility index (Phi) is 11.9. The van der Waals surface area contributed by atoms with Gasteiger partial charge >= 0.3 is 0 Å². The van der Waals surface area contributed by atoms with Crippen LogP contribution in [0.1, 0.15) is 26.2 Å². The number of hydrogen-bond acceptors (Lipinski definition) is 1. The molecule has 0 heterocycles. The summed E-state index contributed by atoms with van der Waals surface area (Å²) in [5.41, 5.74) is 0. The van der Waals surface area contributed by atoms with E-state index in [4.69, 9.17) is 5.11 Å². The first-order chi connectivity index (χ1) is 7.91. The molecule has 0 saturated carbocycles. The average molecular weight is 214 g/mol. The molecule has 1 nitrogen and oxygen atoms in total. The third-order valence-electron chi connectivity index (χ3n) is 1.66. The molecule has 1 heteroatoms. The Bertz CT molecular complexity index is 350. The number of unbranched alkanes of at least 4 members (excludes halogenated alkanes) is 2. The maximum Gasteiger partial charge on any atom is 0.0621 e. The van der Waals surface area contributed by atoms with Crippen LogP contribution in [-0.2, 0) is 0 Å². The minimum atomic E-state index is 0.0184. The first-order valence-corrected chi connectivity index (χ1v) is 5.50. The van der Waals surface area contributed by atoms with E-state index in [2.05, 4.69) is 36.7 Å². The molecule has 0 aliphatic heterocycles. The first kappa shape index (κ1) is 14.3. The molecule has 0 bridgehead atoms. The van der Waals surface area contributed by atoms with Crippen LogP contribution in [0.2, 0.25) is 0 Å². The molecule has 0 rings (SSSR count). The van der Waals surface area contributed by atoms with E-state index in [1.807, 2.05) is 12.2 Å². The zero-order chi connectivity index (χ0) is 11.9. The SMILES string of the molecule is CCCC/C=C/C=C/C#CC#C/C=C\CO. The molecular formula is C15H18O. The lowest BCUT2D eigenvalue weighted by atomic mass is 10.2. The first-order valence-electron chi connectivity index (χ1n) is 5.50. The van der Waals surface area contributed by atoms with Crippen LogP contribution in [0.3, 0.4) is 0 Å². The van der Waals surface area contributed by atoms with Crippen LogP contribution >= 0.6 is 0 Å². The normalized spacial score (nSPS) is 10.4. The summed E-state index contributed by atoms with van der Waals surface area (Å²) in [6.07, 6.45) is 14.6. The highest BCUT2D eigenvalue weighted by Crippen LogP contribution is 1.94. The van der Waals surface area contributed by atoms with Crippen molar-refractivity contribution in [3.8, 4) is 23.7 Å². The summed E-state index contributed by atoms with van der Waals surface area (Å²) < 4.78 is 0. The smallest absolute Gasteiger partial charge is 0.0621 e. The van der Waals surface area contributed by atoms with Crippen molar-refractivity contribution in [1.29, 1.82) is 0 Å². The van der Waals surface area contributed by atoms with Crippen molar-refractivity contribution in [3.05, 3.63) is 36.5 Å². The van der Waals surface area contributed by atoms with Crippen LogP contribution in [0.4, 0.5) is 0 Å². The molecule has 0 saturated heterocycles. The van der Waals surface area contributed by atoms with Gasteiger partial charge in [-0.2, -0.15) is 0 Å². The monoisotopic (exact) mass is 214 g/mol. The maximum absolute atomic E-state index is 8.42. The van der Waals surface area contributed by atoms with E-state index >= 15 is 0 Å². The second-order valence-corrected chi connectivity index (χ2v) is 3.05. The van der Waals surface area contributed by atoms with Gasteiger partial charge in [0.15, 0.2) is 0 Å². The summed E-state index contributed by atoms with van der Waals surface area (Å²) in [5, 5.41) is 8.42. The number of allylic oxidation sites excluding steroid dienone is 5. The fourth-order valence-electron chi connectivity index (χ4n) is 0.868. The van der Waals surface area contributed by atoms with Crippen molar-refractivity contribution in [2.75, 3.05) is 6.61 Å². The molecule has 0 atom stereocenters. The predicted octanol–water partition coefficient (Wildman–Crippen LogP) is 2.84. The standard InChI is InChI=1S/C15H18O/c1-2-3-4-5-6-7-8-9-10-11-12-13-14-15-16/h5-8,13-14,16H,2-4,15H2,1H3/b6-5+,8-7+,14-13-. The van der Waals surface area contributed by atoms with E-state index in [-0.39, 0.29) is 6.61 Å². The summed E-state index contributed by atoms with van der Waals surface area (Å²) in [6.45, 7) is 2.20. The Morgan fingerprint density at radius 1 is 1.00 bits per heavy atom. The quantitative estimate of drug-likeness (QED) is 0.424. The van der Waals surface area contributed by atoms with Gasteiger partial charge in [-0.05, 0) is 30.4 Å². The van der Waals surface area contributed by atoms with Crippen LogP contribution in [0.25, 0.3) is 0 Å². The van der Waals surface area contributed by atoms with E-state index < -0.39 is 0 Å². The van der Waals surface area contributed by atoms with Crippen LogP contribution < -0.4 is 0 Å². The van der Waals surface area contributed by atoms with E-state index in [1.165, 1.54) is 12.8 Å². The van der Waals surface area contributed by atoms with Gasteiger partial charge in [-0.3, -0.25) is 0 Å². The van der Waals surface area contributed by atoms with Crippen LogP contribution in [0, 0.1) is 23.7 Å². The third-order valence-corrected chi connectivity index (χ3v) is 1.66. The summed E-state index contributed by atoms with van der Waals surface area (Å²) in [6, 6.07) is 0. The zero-order valence-electron chi connectivity index (χ0n) is 9.74. The third kappa shape index (κ3) is 12.3. The lowest BCUT2D eigenvalue weighted by Gasteiger charge is -1.84. The predicted molar refractivity (Wildman–Crippen MR) is 69.6 cm³/mol. The molecule has 0 spiro atoms. The summed E-state index contributed by atoms with van der Waals surface area (Å²) in [4.78, 5) is 0. The van der Waals surface area contributed by atoms with Crippen LogP contribution in [0.5, 0.6) is 0 Å². The number of aliphatic hydroxyl groups excluding tert-OH is 1. The summed E-state index contributed by atoms with van der Waals surface area (Å²) >= 11 is 0. The Morgan fingerprint density at radius 2 is 1.75 bits per heavy atom. The van der Waals surface area contributed by atoms with Gasteiger partial charge in [0, 0.05) is 0 Å². The Morgan fingerprint density at radius 3 is 2.44 bits per heavy atom. The van der Waals surface area contributed by atoms with E-state index in [0.29, 0.717) is 0 Å². The molecule has 0 aromatic rings. The van der Waals surface area contributed by atoms with Gasteiger partial charge in [-0.1, -0.05) is 55.9 Å². The highest BCUT2D eigenvalue weighted by Gasteiger charge is 1.74. The highest BCUT2D eigenvalue weighted by atomic mass is 16.2. The topological polar surface area (TPSA) is 20.2 Å². The molecule has 0 aromatic carbocycles. The van der Waals surface area contributed by atoms with Crippen molar-refractivity contribution < 1.29 is 5.11 Å². The molecule has 1 N–H and O–H groups in total. The molecule has 0 unspecified atom stereocenters. The van der Waals surface area contributed by atoms with Gasteiger partial charge in [0.1, 0.15) is 0 Å². The summed E-state index contributed by atoms with van der Waals surface area (Å²) in [5.74, 6) is 10.8. The highest BCUT2D eigenvalue weighted by molar-refractivity contribution is 5.34. The zero-order valence-corrected chi connectivity index (χ0v) is 9.74. The second kappa shape index (κ2) is 13.3. The largest absolute Gasteiger partial charge is 0.392 e. The molecular weight excluding hydrogens is 196 g/mol. The lowest BCUT2D eigenvalue weighted by molar-refractivity contribution is 0.343. The average Bonchev–Trinajstić information content (AvgIpc) is 2.31. The van der Waals surface area contributed by atoms with Gasteiger partial charge in [0.2, 0.25) is 0 Å². The summed E-state index contributed by atoms with van der Waals surface area (Å²) in [7, 11) is 0. The molecule has 0 radical (unpaired) electrons. The maximum atomic E-state index is 8.42. The fourth-order valence-corrected chi connectivity index (χ4v) is 0.868. The van der Waals surface area contributed by atoms with Gasteiger partial charge in [-0.25, -0.2) is 0 Å². The number of hydrogen-bond donors (Lipinski definition) is 1. The molecule has 0 amide bonds. The Labute approximate surface area is 98.6 Å². The van der Waals surface area contributed by atoms with Crippen molar-refractivity contribution in [2.24, 2.45) is 0 Å². The molecule has 0 aliphatic carbocycles. The van der Waals surface area contributed by atoms with Crippen LogP contribution in [-0.4, -0.2) is 11.7 Å².